The van der Waals surface area contributed by atoms with E-state index in [-0.39, 0.29) is 17.5 Å². The number of carbonyl (C=O) groups excluding carboxylic acids is 2. The number of likely N-dealkylation sites (tertiary alicyclic amines) is 1. The Balaban J connectivity index is 1.45. The van der Waals surface area contributed by atoms with Gasteiger partial charge in [-0.25, -0.2) is 0 Å². The van der Waals surface area contributed by atoms with Crippen LogP contribution in [0.15, 0.2) is 28.1 Å². The van der Waals surface area contributed by atoms with Crippen LogP contribution in [0.1, 0.15) is 29.8 Å². The molecule has 22 heavy (non-hydrogen) atoms. The lowest BCUT2D eigenvalue weighted by Gasteiger charge is -2.14. The average molecular weight is 319 g/mol. The fourth-order valence-corrected chi connectivity index (χ4v) is 3.09. The molecule has 2 aromatic heterocycles. The summed E-state index contributed by atoms with van der Waals surface area (Å²) < 4.78 is 5.18. The fraction of sp³-hybridized carbons (Fsp3) is 0.400. The van der Waals surface area contributed by atoms with E-state index in [1.165, 1.54) is 11.3 Å². The number of aromatic nitrogens is 1. The van der Waals surface area contributed by atoms with Gasteiger partial charge in [0.2, 0.25) is 5.91 Å². The van der Waals surface area contributed by atoms with Gasteiger partial charge in [0.15, 0.2) is 11.5 Å². The Morgan fingerprint density at radius 1 is 1.50 bits per heavy atom. The van der Waals surface area contributed by atoms with Gasteiger partial charge in [0, 0.05) is 32.1 Å². The maximum Gasteiger partial charge on any atom is 0.273 e. The molecule has 0 atom stereocenters. The minimum Gasteiger partial charge on any atom is -0.355 e. The molecule has 0 spiro atoms. The van der Waals surface area contributed by atoms with Crippen LogP contribution in [0.2, 0.25) is 0 Å². The van der Waals surface area contributed by atoms with E-state index in [0.29, 0.717) is 25.3 Å². The van der Waals surface area contributed by atoms with E-state index in [2.05, 4.69) is 10.5 Å². The number of hydrogen-bond donors (Lipinski definition) is 1. The Bertz CT molecular complexity index is 651. The second kappa shape index (κ2) is 6.74. The van der Waals surface area contributed by atoms with Crippen molar-refractivity contribution in [3.05, 3.63) is 29.3 Å². The third-order valence-electron chi connectivity index (χ3n) is 3.57. The van der Waals surface area contributed by atoms with Crippen molar-refractivity contribution in [3.8, 4) is 10.6 Å². The first-order valence-electron chi connectivity index (χ1n) is 7.30. The zero-order valence-corrected chi connectivity index (χ0v) is 12.9. The highest BCUT2D eigenvalue weighted by molar-refractivity contribution is 7.13. The van der Waals surface area contributed by atoms with Gasteiger partial charge in [-0.1, -0.05) is 11.2 Å². The van der Waals surface area contributed by atoms with Gasteiger partial charge in [-0.3, -0.25) is 9.59 Å². The largest absolute Gasteiger partial charge is 0.355 e. The number of carbonyl (C=O) groups is 2. The van der Waals surface area contributed by atoms with Crippen LogP contribution in [0.4, 0.5) is 0 Å². The molecule has 1 fully saturated rings. The summed E-state index contributed by atoms with van der Waals surface area (Å²) in [6, 6.07) is 5.48. The topological polar surface area (TPSA) is 75.4 Å². The quantitative estimate of drug-likeness (QED) is 0.828. The first-order valence-corrected chi connectivity index (χ1v) is 8.18. The summed E-state index contributed by atoms with van der Waals surface area (Å²) >= 11 is 1.53. The summed E-state index contributed by atoms with van der Waals surface area (Å²) in [6.45, 7) is 2.04. The highest BCUT2D eigenvalue weighted by Crippen LogP contribution is 2.24. The van der Waals surface area contributed by atoms with Gasteiger partial charge in [0.1, 0.15) is 0 Å². The molecule has 0 radical (unpaired) electrons. The van der Waals surface area contributed by atoms with Gasteiger partial charge in [0.05, 0.1) is 4.88 Å². The van der Waals surface area contributed by atoms with Gasteiger partial charge in [-0.15, -0.1) is 11.3 Å². The molecular weight excluding hydrogens is 302 g/mol. The molecule has 1 aliphatic rings. The molecule has 116 valence electrons. The van der Waals surface area contributed by atoms with Crippen molar-refractivity contribution in [2.45, 2.75) is 19.3 Å². The van der Waals surface area contributed by atoms with Gasteiger partial charge in [-0.2, -0.15) is 0 Å². The molecule has 1 aliphatic heterocycles. The molecule has 0 aliphatic carbocycles. The average Bonchev–Trinajstić information content (AvgIpc) is 3.24. The zero-order chi connectivity index (χ0) is 15.4. The van der Waals surface area contributed by atoms with Crippen LogP contribution in [0.5, 0.6) is 0 Å². The Hall–Kier alpha value is -2.15. The van der Waals surface area contributed by atoms with E-state index in [0.717, 1.165) is 24.3 Å². The van der Waals surface area contributed by atoms with Crippen molar-refractivity contribution < 1.29 is 14.1 Å². The molecule has 0 saturated carbocycles. The minimum absolute atomic E-state index is 0.211. The predicted octanol–water partition coefficient (Wildman–Crippen LogP) is 2.15. The molecule has 2 aromatic rings. The molecule has 0 aromatic carbocycles. The number of nitrogens with zero attached hydrogens (tertiary/aromatic N) is 2. The molecule has 2 amide bonds. The number of amides is 2. The second-order valence-electron chi connectivity index (χ2n) is 5.15. The van der Waals surface area contributed by atoms with Gasteiger partial charge in [-0.05, 0) is 24.3 Å². The van der Waals surface area contributed by atoms with Gasteiger partial charge < -0.3 is 14.7 Å². The first-order chi connectivity index (χ1) is 10.7. The van der Waals surface area contributed by atoms with Crippen LogP contribution < -0.4 is 5.32 Å². The summed E-state index contributed by atoms with van der Waals surface area (Å²) in [5.74, 6) is 0.561. The summed E-state index contributed by atoms with van der Waals surface area (Å²) in [4.78, 5) is 26.2. The van der Waals surface area contributed by atoms with Crippen LogP contribution in [0, 0.1) is 0 Å². The van der Waals surface area contributed by atoms with Crippen molar-refractivity contribution in [3.63, 3.8) is 0 Å². The molecule has 3 heterocycles. The van der Waals surface area contributed by atoms with E-state index in [1.807, 2.05) is 22.4 Å². The van der Waals surface area contributed by atoms with Crippen molar-refractivity contribution in [2.75, 3.05) is 19.6 Å². The van der Waals surface area contributed by atoms with Crippen LogP contribution in [0.25, 0.3) is 10.6 Å². The molecule has 7 heteroatoms. The van der Waals surface area contributed by atoms with E-state index in [4.69, 9.17) is 4.52 Å². The van der Waals surface area contributed by atoms with Crippen molar-refractivity contribution in [2.24, 2.45) is 0 Å². The molecule has 0 bridgehead atoms. The van der Waals surface area contributed by atoms with Crippen LogP contribution in [-0.2, 0) is 4.79 Å². The molecule has 0 unspecified atom stereocenters. The third-order valence-corrected chi connectivity index (χ3v) is 4.45. The van der Waals surface area contributed by atoms with Crippen molar-refractivity contribution in [1.29, 1.82) is 0 Å². The first kappa shape index (κ1) is 14.8. The SMILES string of the molecule is O=C(NCCCN1CCCC1=O)c1cc(-c2cccs2)on1. The molecule has 3 rings (SSSR count). The van der Waals surface area contributed by atoms with E-state index in [9.17, 15) is 9.59 Å². The number of rotatable bonds is 6. The standard InChI is InChI=1S/C15H17N3O3S/c19-14-5-1-7-18(14)8-3-6-16-15(20)11-10-12(21-17-11)13-4-2-9-22-13/h2,4,9-10H,1,3,5-8H2,(H,16,20). The lowest BCUT2D eigenvalue weighted by molar-refractivity contribution is -0.127. The smallest absolute Gasteiger partial charge is 0.273 e. The van der Waals surface area contributed by atoms with Crippen molar-refractivity contribution >= 4 is 23.2 Å². The Morgan fingerprint density at radius 2 is 2.41 bits per heavy atom. The number of thiophene rings is 1. The van der Waals surface area contributed by atoms with Crippen LogP contribution in [0.3, 0.4) is 0 Å². The van der Waals surface area contributed by atoms with Crippen LogP contribution in [-0.4, -0.2) is 41.5 Å². The third kappa shape index (κ3) is 3.36. The summed E-state index contributed by atoms with van der Waals surface area (Å²) in [7, 11) is 0. The zero-order valence-electron chi connectivity index (χ0n) is 12.1. The second-order valence-corrected chi connectivity index (χ2v) is 6.10. The lowest BCUT2D eigenvalue weighted by atomic mass is 10.3. The molecule has 1 N–H and O–H groups in total. The van der Waals surface area contributed by atoms with E-state index >= 15 is 0 Å². The Morgan fingerprint density at radius 3 is 3.14 bits per heavy atom. The summed E-state index contributed by atoms with van der Waals surface area (Å²) in [5, 5.41) is 8.54. The maximum atomic E-state index is 12.0. The lowest BCUT2D eigenvalue weighted by Crippen LogP contribution is -2.30. The highest BCUT2D eigenvalue weighted by Gasteiger charge is 2.19. The van der Waals surface area contributed by atoms with Crippen LogP contribution >= 0.6 is 11.3 Å². The maximum absolute atomic E-state index is 12.0. The van der Waals surface area contributed by atoms with Gasteiger partial charge >= 0.3 is 0 Å². The number of nitrogens with one attached hydrogen (secondary N) is 1. The summed E-state index contributed by atoms with van der Waals surface area (Å²) in [6.07, 6.45) is 2.33. The number of hydrogen-bond acceptors (Lipinski definition) is 5. The fourth-order valence-electron chi connectivity index (χ4n) is 2.42. The Labute approximate surface area is 132 Å². The Kier molecular flexibility index (Phi) is 4.53. The normalized spacial score (nSPS) is 14.5. The predicted molar refractivity (Wildman–Crippen MR) is 82.6 cm³/mol. The van der Waals surface area contributed by atoms with E-state index in [1.54, 1.807) is 6.07 Å². The van der Waals surface area contributed by atoms with Crippen molar-refractivity contribution in [1.82, 2.24) is 15.4 Å². The molecule has 6 nitrogen and oxygen atoms in total. The molecule has 1 saturated heterocycles. The monoisotopic (exact) mass is 319 g/mol. The minimum atomic E-state index is -0.251. The summed E-state index contributed by atoms with van der Waals surface area (Å²) in [5.41, 5.74) is 0.278. The highest BCUT2D eigenvalue weighted by atomic mass is 32.1. The molecular formula is C15H17N3O3S. The van der Waals surface area contributed by atoms with E-state index < -0.39 is 0 Å². The van der Waals surface area contributed by atoms with Gasteiger partial charge in [0.25, 0.3) is 5.91 Å².